The van der Waals surface area contributed by atoms with Crippen LogP contribution < -0.4 is 5.32 Å². The van der Waals surface area contributed by atoms with Crippen molar-refractivity contribution >= 4 is 5.91 Å². The number of benzene rings is 1. The summed E-state index contributed by atoms with van der Waals surface area (Å²) in [6, 6.07) is 10.6. The molecule has 3 aliphatic rings. The van der Waals surface area contributed by atoms with E-state index >= 15 is 0 Å². The molecule has 5 nitrogen and oxygen atoms in total. The predicted octanol–water partition coefficient (Wildman–Crippen LogP) is 1.63. The smallest absolute Gasteiger partial charge is 0.234 e. The first-order chi connectivity index (χ1) is 12.7. The van der Waals surface area contributed by atoms with Crippen molar-refractivity contribution in [3.05, 3.63) is 35.9 Å². The second kappa shape index (κ2) is 8.07. The molecule has 1 atom stereocenters. The van der Waals surface area contributed by atoms with Gasteiger partial charge in [-0.25, -0.2) is 0 Å². The summed E-state index contributed by atoms with van der Waals surface area (Å²) in [5.41, 5.74) is 1.56. The monoisotopic (exact) mass is 357 g/mol. The maximum absolute atomic E-state index is 12.4. The molecule has 0 radical (unpaired) electrons. The number of carbonyl (C=O) groups is 1. The Morgan fingerprint density at radius 3 is 2.50 bits per heavy atom. The lowest BCUT2D eigenvalue weighted by Gasteiger charge is -2.35. The Kier molecular flexibility index (Phi) is 5.57. The van der Waals surface area contributed by atoms with Crippen LogP contribution in [-0.2, 0) is 14.9 Å². The number of carbonyl (C=O) groups excluding carboxylic acids is 1. The first-order valence-corrected chi connectivity index (χ1v) is 10.1. The largest absolute Gasteiger partial charge is 0.377 e. The molecule has 0 bridgehead atoms. The minimum absolute atomic E-state index is 0.166. The van der Waals surface area contributed by atoms with Gasteiger partial charge in [0.05, 0.1) is 12.6 Å². The number of amides is 1. The fourth-order valence-electron chi connectivity index (χ4n) is 4.24. The molecule has 1 unspecified atom stereocenters. The van der Waals surface area contributed by atoms with E-state index in [1.54, 1.807) is 0 Å². The molecule has 5 heteroatoms. The van der Waals surface area contributed by atoms with Gasteiger partial charge in [0.15, 0.2) is 0 Å². The minimum atomic E-state index is 0.166. The van der Waals surface area contributed by atoms with E-state index < -0.39 is 0 Å². The predicted molar refractivity (Wildman–Crippen MR) is 102 cm³/mol. The summed E-state index contributed by atoms with van der Waals surface area (Å²) < 4.78 is 5.73. The maximum atomic E-state index is 12.4. The topological polar surface area (TPSA) is 44.8 Å². The van der Waals surface area contributed by atoms with Crippen LogP contribution in [0.15, 0.2) is 30.3 Å². The normalized spacial score (nSPS) is 25.9. The van der Waals surface area contributed by atoms with Crippen LogP contribution in [0, 0.1) is 0 Å². The molecule has 1 aromatic carbocycles. The zero-order chi connectivity index (χ0) is 17.8. The lowest BCUT2D eigenvalue weighted by molar-refractivity contribution is -0.122. The number of hydrogen-bond acceptors (Lipinski definition) is 4. The van der Waals surface area contributed by atoms with E-state index in [2.05, 4.69) is 45.4 Å². The van der Waals surface area contributed by atoms with Gasteiger partial charge in [0.1, 0.15) is 0 Å². The zero-order valence-corrected chi connectivity index (χ0v) is 15.7. The van der Waals surface area contributed by atoms with Crippen LogP contribution in [0.2, 0.25) is 0 Å². The summed E-state index contributed by atoms with van der Waals surface area (Å²) in [6.45, 7) is 7.32. The van der Waals surface area contributed by atoms with Gasteiger partial charge in [0.2, 0.25) is 5.91 Å². The van der Waals surface area contributed by atoms with Gasteiger partial charge in [0.25, 0.3) is 0 Å². The molecule has 142 valence electrons. The molecule has 1 N–H and O–H groups in total. The van der Waals surface area contributed by atoms with Crippen molar-refractivity contribution in [2.24, 2.45) is 0 Å². The molecule has 0 aromatic heterocycles. The summed E-state index contributed by atoms with van der Waals surface area (Å²) in [7, 11) is 0. The van der Waals surface area contributed by atoms with Crippen molar-refractivity contribution in [1.82, 2.24) is 15.1 Å². The van der Waals surface area contributed by atoms with Gasteiger partial charge in [-0.3, -0.25) is 14.6 Å². The highest BCUT2D eigenvalue weighted by Crippen LogP contribution is 2.47. The number of hydrogen-bond donors (Lipinski definition) is 1. The van der Waals surface area contributed by atoms with Crippen molar-refractivity contribution in [3.8, 4) is 0 Å². The van der Waals surface area contributed by atoms with Gasteiger partial charge in [-0.1, -0.05) is 30.3 Å². The van der Waals surface area contributed by atoms with E-state index in [9.17, 15) is 4.79 Å². The lowest BCUT2D eigenvalue weighted by Crippen LogP contribution is -2.51. The van der Waals surface area contributed by atoms with Gasteiger partial charge in [-0.05, 0) is 31.2 Å². The molecule has 2 saturated heterocycles. The van der Waals surface area contributed by atoms with Gasteiger partial charge < -0.3 is 10.1 Å². The highest BCUT2D eigenvalue weighted by Gasteiger charge is 2.44. The number of nitrogens with one attached hydrogen (secondary N) is 1. The molecule has 0 spiro atoms. The van der Waals surface area contributed by atoms with Crippen LogP contribution in [0.3, 0.4) is 0 Å². The molecule has 2 heterocycles. The summed E-state index contributed by atoms with van der Waals surface area (Å²) in [6.07, 6.45) is 5.19. The Bertz CT molecular complexity index is 589. The number of ether oxygens (including phenoxy) is 1. The van der Waals surface area contributed by atoms with Gasteiger partial charge in [0, 0.05) is 51.3 Å². The molecule has 3 fully saturated rings. The third kappa shape index (κ3) is 4.45. The Morgan fingerprint density at radius 2 is 1.85 bits per heavy atom. The average Bonchev–Trinajstić information content (AvgIpc) is 3.30. The van der Waals surface area contributed by atoms with Crippen LogP contribution in [0.4, 0.5) is 0 Å². The van der Waals surface area contributed by atoms with Crippen molar-refractivity contribution in [2.45, 2.75) is 37.2 Å². The summed E-state index contributed by atoms with van der Waals surface area (Å²) in [4.78, 5) is 17.2. The van der Waals surface area contributed by atoms with E-state index in [0.29, 0.717) is 12.6 Å². The quantitative estimate of drug-likeness (QED) is 0.806. The van der Waals surface area contributed by atoms with Gasteiger partial charge >= 0.3 is 0 Å². The van der Waals surface area contributed by atoms with Gasteiger partial charge in [-0.2, -0.15) is 0 Å². The minimum Gasteiger partial charge on any atom is -0.377 e. The Morgan fingerprint density at radius 1 is 1.12 bits per heavy atom. The molecule has 1 saturated carbocycles. The Hall–Kier alpha value is -1.43. The fraction of sp³-hybridized carbons (Fsp3) is 0.667. The van der Waals surface area contributed by atoms with Crippen molar-refractivity contribution in [2.75, 3.05) is 52.4 Å². The summed E-state index contributed by atoms with van der Waals surface area (Å²) in [5, 5.41) is 3.19. The Balaban J connectivity index is 1.17. The SMILES string of the molecule is O=C(CN1CCN(CC2CCCO2)CC1)NCC1(c2ccccc2)CC1. The van der Waals surface area contributed by atoms with Crippen LogP contribution in [0.5, 0.6) is 0 Å². The van der Waals surface area contributed by atoms with E-state index in [1.807, 2.05) is 0 Å². The van der Waals surface area contributed by atoms with E-state index in [-0.39, 0.29) is 11.3 Å². The molecular formula is C21H31N3O2. The Labute approximate surface area is 156 Å². The van der Waals surface area contributed by atoms with Crippen LogP contribution >= 0.6 is 0 Å². The fourth-order valence-corrected chi connectivity index (χ4v) is 4.24. The first kappa shape index (κ1) is 18.0. The third-order valence-corrected chi connectivity index (χ3v) is 6.18. The van der Waals surface area contributed by atoms with E-state index in [4.69, 9.17) is 4.74 Å². The number of nitrogens with zero attached hydrogens (tertiary/aromatic N) is 2. The molecule has 1 aliphatic carbocycles. The van der Waals surface area contributed by atoms with Crippen LogP contribution in [0.1, 0.15) is 31.2 Å². The van der Waals surface area contributed by atoms with Crippen LogP contribution in [-0.4, -0.2) is 74.2 Å². The molecule has 1 aromatic rings. The summed E-state index contributed by atoms with van der Waals surface area (Å²) >= 11 is 0. The van der Waals surface area contributed by atoms with Crippen molar-refractivity contribution in [1.29, 1.82) is 0 Å². The number of piperazine rings is 1. The van der Waals surface area contributed by atoms with E-state index in [0.717, 1.165) is 45.9 Å². The highest BCUT2D eigenvalue weighted by molar-refractivity contribution is 5.78. The molecule has 4 rings (SSSR count). The van der Waals surface area contributed by atoms with E-state index in [1.165, 1.54) is 31.2 Å². The third-order valence-electron chi connectivity index (χ3n) is 6.18. The lowest BCUT2D eigenvalue weighted by atomic mass is 9.96. The molecule has 26 heavy (non-hydrogen) atoms. The first-order valence-electron chi connectivity index (χ1n) is 10.1. The van der Waals surface area contributed by atoms with Crippen LogP contribution in [0.25, 0.3) is 0 Å². The average molecular weight is 357 g/mol. The maximum Gasteiger partial charge on any atom is 0.234 e. The summed E-state index contributed by atoms with van der Waals surface area (Å²) in [5.74, 6) is 0.166. The standard InChI is InChI=1S/C21H31N3O2/c25-20(22-17-21(8-9-21)18-5-2-1-3-6-18)16-24-12-10-23(11-13-24)15-19-7-4-14-26-19/h1-3,5-6,19H,4,7-17H2,(H,22,25). The molecule has 1 amide bonds. The van der Waals surface area contributed by atoms with Crippen molar-refractivity contribution in [3.63, 3.8) is 0 Å². The second-order valence-electron chi connectivity index (χ2n) is 8.13. The zero-order valence-electron chi connectivity index (χ0n) is 15.7. The van der Waals surface area contributed by atoms with Crippen molar-refractivity contribution < 1.29 is 9.53 Å². The molecular weight excluding hydrogens is 326 g/mol. The highest BCUT2D eigenvalue weighted by atomic mass is 16.5. The number of rotatable bonds is 7. The second-order valence-corrected chi connectivity index (χ2v) is 8.13. The molecule has 2 aliphatic heterocycles. The van der Waals surface area contributed by atoms with Gasteiger partial charge in [-0.15, -0.1) is 0 Å².